The van der Waals surface area contributed by atoms with Crippen molar-refractivity contribution in [1.29, 1.82) is 0 Å². The van der Waals surface area contributed by atoms with Crippen LogP contribution in [0, 0.1) is 0 Å². The van der Waals surface area contributed by atoms with Gasteiger partial charge in [-0.25, -0.2) is 0 Å². The molecule has 1 heterocycles. The second-order valence-corrected chi connectivity index (χ2v) is 5.66. The Morgan fingerprint density at radius 3 is 2.39 bits per heavy atom. The standard InChI is InChI=1S/C15H30N2O/c1-3-4-5-6-7-8-9-15(18)16-14-10-12-17(2)13-11-14/h14H,3-13H2,1-2H3,(H,16,18). The lowest BCUT2D eigenvalue weighted by atomic mass is 10.0. The fourth-order valence-corrected chi connectivity index (χ4v) is 2.52. The van der Waals surface area contributed by atoms with Crippen molar-refractivity contribution >= 4 is 5.91 Å². The van der Waals surface area contributed by atoms with E-state index in [1.807, 2.05) is 0 Å². The number of nitrogens with zero attached hydrogens (tertiary/aromatic N) is 1. The first kappa shape index (κ1) is 15.5. The van der Waals surface area contributed by atoms with E-state index in [0.717, 1.165) is 38.8 Å². The fraction of sp³-hybridized carbons (Fsp3) is 0.933. The highest BCUT2D eigenvalue weighted by Gasteiger charge is 2.17. The molecule has 0 aromatic heterocycles. The van der Waals surface area contributed by atoms with Gasteiger partial charge in [-0.05, 0) is 39.4 Å². The molecule has 1 N–H and O–H groups in total. The molecule has 1 aliphatic heterocycles. The number of unbranched alkanes of at least 4 members (excludes halogenated alkanes) is 5. The molecule has 18 heavy (non-hydrogen) atoms. The second-order valence-electron chi connectivity index (χ2n) is 5.66. The normalized spacial score (nSPS) is 17.9. The second kappa shape index (κ2) is 9.37. The molecule has 1 rings (SSSR count). The SMILES string of the molecule is CCCCCCCCC(=O)NC1CCN(C)CC1. The molecule has 0 radical (unpaired) electrons. The first-order valence-electron chi connectivity index (χ1n) is 7.70. The summed E-state index contributed by atoms with van der Waals surface area (Å²) in [7, 11) is 2.15. The van der Waals surface area contributed by atoms with Gasteiger partial charge in [-0.1, -0.05) is 39.0 Å². The number of carbonyl (C=O) groups excluding carboxylic acids is 1. The van der Waals surface area contributed by atoms with Crippen molar-refractivity contribution in [3.8, 4) is 0 Å². The van der Waals surface area contributed by atoms with Gasteiger partial charge < -0.3 is 10.2 Å². The van der Waals surface area contributed by atoms with Crippen LogP contribution >= 0.6 is 0 Å². The van der Waals surface area contributed by atoms with Gasteiger partial charge in [-0.2, -0.15) is 0 Å². The summed E-state index contributed by atoms with van der Waals surface area (Å²) >= 11 is 0. The molecule has 0 spiro atoms. The zero-order chi connectivity index (χ0) is 13.2. The summed E-state index contributed by atoms with van der Waals surface area (Å²) in [6.45, 7) is 4.46. The van der Waals surface area contributed by atoms with Crippen molar-refractivity contribution in [2.24, 2.45) is 0 Å². The van der Waals surface area contributed by atoms with E-state index >= 15 is 0 Å². The van der Waals surface area contributed by atoms with E-state index in [2.05, 4.69) is 24.2 Å². The van der Waals surface area contributed by atoms with E-state index in [1.54, 1.807) is 0 Å². The van der Waals surface area contributed by atoms with E-state index in [0.29, 0.717) is 6.04 Å². The Hall–Kier alpha value is -0.570. The number of amides is 1. The van der Waals surface area contributed by atoms with Gasteiger partial charge in [0.2, 0.25) is 5.91 Å². The van der Waals surface area contributed by atoms with Gasteiger partial charge in [0.1, 0.15) is 0 Å². The molecule has 1 saturated heterocycles. The zero-order valence-corrected chi connectivity index (χ0v) is 12.2. The monoisotopic (exact) mass is 254 g/mol. The summed E-state index contributed by atoms with van der Waals surface area (Å²) in [6, 6.07) is 0.425. The molecule has 0 aliphatic carbocycles. The number of piperidine rings is 1. The summed E-state index contributed by atoms with van der Waals surface area (Å²) in [5.41, 5.74) is 0. The molecule has 1 aliphatic rings. The summed E-state index contributed by atoms with van der Waals surface area (Å²) < 4.78 is 0. The summed E-state index contributed by atoms with van der Waals surface area (Å²) in [5, 5.41) is 3.18. The average molecular weight is 254 g/mol. The van der Waals surface area contributed by atoms with Gasteiger partial charge in [0.15, 0.2) is 0 Å². The Kier molecular flexibility index (Phi) is 8.06. The summed E-state index contributed by atoms with van der Waals surface area (Å²) in [5.74, 6) is 0.264. The van der Waals surface area contributed by atoms with Crippen molar-refractivity contribution in [2.45, 2.75) is 70.8 Å². The molecule has 0 bridgehead atoms. The molecular formula is C15H30N2O. The Balaban J connectivity index is 1.97. The van der Waals surface area contributed by atoms with Gasteiger partial charge in [0, 0.05) is 12.5 Å². The molecule has 0 atom stereocenters. The Morgan fingerprint density at radius 1 is 1.11 bits per heavy atom. The van der Waals surface area contributed by atoms with Gasteiger partial charge in [0.25, 0.3) is 0 Å². The molecular weight excluding hydrogens is 224 g/mol. The van der Waals surface area contributed by atoms with Crippen LogP contribution in [0.4, 0.5) is 0 Å². The lowest BCUT2D eigenvalue weighted by molar-refractivity contribution is -0.122. The van der Waals surface area contributed by atoms with E-state index in [-0.39, 0.29) is 5.91 Å². The van der Waals surface area contributed by atoms with Gasteiger partial charge >= 0.3 is 0 Å². The van der Waals surface area contributed by atoms with Gasteiger partial charge in [-0.3, -0.25) is 4.79 Å². The highest BCUT2D eigenvalue weighted by atomic mass is 16.1. The van der Waals surface area contributed by atoms with E-state index < -0.39 is 0 Å². The van der Waals surface area contributed by atoms with Crippen molar-refractivity contribution in [1.82, 2.24) is 10.2 Å². The number of likely N-dealkylation sites (tertiary alicyclic amines) is 1. The fourth-order valence-electron chi connectivity index (χ4n) is 2.52. The molecule has 3 nitrogen and oxygen atoms in total. The van der Waals surface area contributed by atoms with Gasteiger partial charge in [0.05, 0.1) is 0 Å². The smallest absolute Gasteiger partial charge is 0.220 e. The first-order valence-corrected chi connectivity index (χ1v) is 7.70. The Bertz CT molecular complexity index is 223. The third kappa shape index (κ3) is 7.00. The third-order valence-electron chi connectivity index (χ3n) is 3.84. The summed E-state index contributed by atoms with van der Waals surface area (Å²) in [4.78, 5) is 14.1. The minimum Gasteiger partial charge on any atom is -0.353 e. The van der Waals surface area contributed by atoms with E-state index in [9.17, 15) is 4.79 Å². The maximum atomic E-state index is 11.8. The largest absolute Gasteiger partial charge is 0.353 e. The molecule has 3 heteroatoms. The number of hydrogen-bond acceptors (Lipinski definition) is 2. The minimum absolute atomic E-state index is 0.264. The summed E-state index contributed by atoms with van der Waals surface area (Å²) in [6.07, 6.45) is 10.4. The maximum Gasteiger partial charge on any atom is 0.220 e. The number of hydrogen-bond donors (Lipinski definition) is 1. The lowest BCUT2D eigenvalue weighted by Gasteiger charge is -2.29. The predicted octanol–water partition coefficient (Wildman–Crippen LogP) is 2.95. The Morgan fingerprint density at radius 2 is 1.72 bits per heavy atom. The van der Waals surface area contributed by atoms with Crippen molar-refractivity contribution in [3.05, 3.63) is 0 Å². The number of rotatable bonds is 8. The molecule has 1 fully saturated rings. The molecule has 106 valence electrons. The maximum absolute atomic E-state index is 11.8. The van der Waals surface area contributed by atoms with Crippen molar-refractivity contribution in [3.63, 3.8) is 0 Å². The van der Waals surface area contributed by atoms with Crippen LogP contribution < -0.4 is 5.32 Å². The molecule has 0 saturated carbocycles. The van der Waals surface area contributed by atoms with Crippen LogP contribution in [0.2, 0.25) is 0 Å². The predicted molar refractivity (Wildman–Crippen MR) is 76.7 cm³/mol. The van der Waals surface area contributed by atoms with Crippen LogP contribution in [0.15, 0.2) is 0 Å². The molecule has 0 unspecified atom stereocenters. The quantitative estimate of drug-likeness (QED) is 0.675. The van der Waals surface area contributed by atoms with Crippen LogP contribution in [0.5, 0.6) is 0 Å². The molecule has 1 amide bonds. The number of carbonyl (C=O) groups is 1. The van der Waals surface area contributed by atoms with Gasteiger partial charge in [-0.15, -0.1) is 0 Å². The number of nitrogens with one attached hydrogen (secondary N) is 1. The topological polar surface area (TPSA) is 32.3 Å². The van der Waals surface area contributed by atoms with Crippen LogP contribution in [0.25, 0.3) is 0 Å². The molecule has 0 aromatic carbocycles. The molecule has 0 aromatic rings. The van der Waals surface area contributed by atoms with Crippen LogP contribution in [-0.4, -0.2) is 37.0 Å². The van der Waals surface area contributed by atoms with Crippen LogP contribution in [0.3, 0.4) is 0 Å². The van der Waals surface area contributed by atoms with E-state index in [4.69, 9.17) is 0 Å². The first-order chi connectivity index (χ1) is 8.72. The third-order valence-corrected chi connectivity index (χ3v) is 3.84. The van der Waals surface area contributed by atoms with Crippen LogP contribution in [-0.2, 0) is 4.79 Å². The highest BCUT2D eigenvalue weighted by Crippen LogP contribution is 2.10. The zero-order valence-electron chi connectivity index (χ0n) is 12.2. The van der Waals surface area contributed by atoms with Crippen LogP contribution in [0.1, 0.15) is 64.7 Å². The van der Waals surface area contributed by atoms with Crippen molar-refractivity contribution < 1.29 is 4.79 Å². The van der Waals surface area contributed by atoms with Crippen molar-refractivity contribution in [2.75, 3.05) is 20.1 Å². The lowest BCUT2D eigenvalue weighted by Crippen LogP contribution is -2.43. The Labute approximate surface area is 112 Å². The highest BCUT2D eigenvalue weighted by molar-refractivity contribution is 5.76. The minimum atomic E-state index is 0.264. The average Bonchev–Trinajstić information content (AvgIpc) is 2.36. The van der Waals surface area contributed by atoms with E-state index in [1.165, 1.54) is 32.1 Å².